The van der Waals surface area contributed by atoms with Gasteiger partial charge in [-0.15, -0.1) is 0 Å². The summed E-state index contributed by atoms with van der Waals surface area (Å²) in [6.07, 6.45) is 3.58. The summed E-state index contributed by atoms with van der Waals surface area (Å²) < 4.78 is 0. The van der Waals surface area contributed by atoms with Crippen molar-refractivity contribution in [2.75, 3.05) is 20.1 Å². The number of piperidine rings is 1. The molecule has 1 fully saturated rings. The molecule has 2 rings (SSSR count). The van der Waals surface area contributed by atoms with Crippen molar-refractivity contribution in [2.24, 2.45) is 5.92 Å². The van der Waals surface area contributed by atoms with Gasteiger partial charge in [-0.05, 0) is 44.8 Å². The van der Waals surface area contributed by atoms with Crippen LogP contribution in [0.25, 0.3) is 0 Å². The number of nitrogens with zero attached hydrogens (tertiary/aromatic N) is 1. The number of carbonyl (C=O) groups excluding carboxylic acids is 2. The van der Waals surface area contributed by atoms with Crippen LogP contribution in [0.5, 0.6) is 0 Å². The Balaban J connectivity index is 1.92. The molecule has 0 saturated carbocycles. The highest BCUT2D eigenvalue weighted by Crippen LogP contribution is 2.21. The first-order valence-corrected chi connectivity index (χ1v) is 9.37. The van der Waals surface area contributed by atoms with E-state index in [9.17, 15) is 9.59 Å². The molecule has 0 radical (unpaired) electrons. The van der Waals surface area contributed by atoms with Crippen LogP contribution in [0.15, 0.2) is 30.3 Å². The highest BCUT2D eigenvalue weighted by molar-refractivity contribution is 5.82. The van der Waals surface area contributed by atoms with Crippen LogP contribution in [0.4, 0.5) is 0 Å². The average molecular weight is 345 g/mol. The minimum Gasteiger partial charge on any atom is -0.359 e. The Morgan fingerprint density at radius 3 is 2.40 bits per heavy atom. The van der Waals surface area contributed by atoms with Gasteiger partial charge in [0.25, 0.3) is 0 Å². The fraction of sp³-hybridized carbons (Fsp3) is 0.600. The third kappa shape index (κ3) is 5.30. The summed E-state index contributed by atoms with van der Waals surface area (Å²) in [4.78, 5) is 26.7. The Morgan fingerprint density at radius 2 is 1.84 bits per heavy atom. The lowest BCUT2D eigenvalue weighted by atomic mass is 9.95. The van der Waals surface area contributed by atoms with Gasteiger partial charge in [0.1, 0.15) is 0 Å². The normalized spacial score (nSPS) is 18.4. The summed E-state index contributed by atoms with van der Waals surface area (Å²) in [5.41, 5.74) is 1.16. The minimum absolute atomic E-state index is 0.0598. The molecule has 1 aromatic rings. The van der Waals surface area contributed by atoms with Crippen LogP contribution in [0.2, 0.25) is 0 Å². The van der Waals surface area contributed by atoms with E-state index < -0.39 is 0 Å². The van der Waals surface area contributed by atoms with Gasteiger partial charge in [0.05, 0.1) is 12.1 Å². The Kier molecular flexibility index (Phi) is 7.44. The van der Waals surface area contributed by atoms with Crippen LogP contribution >= 0.6 is 0 Å². The molecule has 0 spiro atoms. The number of carbonyl (C=O) groups is 2. The molecule has 2 atom stereocenters. The Morgan fingerprint density at radius 1 is 1.20 bits per heavy atom. The predicted molar refractivity (Wildman–Crippen MR) is 100 cm³/mol. The summed E-state index contributed by atoms with van der Waals surface area (Å²) in [5, 5.41) is 5.94. The highest BCUT2D eigenvalue weighted by atomic mass is 16.2. The number of likely N-dealkylation sites (tertiary alicyclic amines) is 1. The fourth-order valence-electron chi connectivity index (χ4n) is 3.51. The van der Waals surface area contributed by atoms with Gasteiger partial charge >= 0.3 is 0 Å². The molecule has 2 N–H and O–H groups in total. The molecule has 2 amide bonds. The van der Waals surface area contributed by atoms with E-state index in [1.807, 2.05) is 25.1 Å². The summed E-state index contributed by atoms with van der Waals surface area (Å²) >= 11 is 0. The van der Waals surface area contributed by atoms with Crippen molar-refractivity contribution < 1.29 is 9.59 Å². The topological polar surface area (TPSA) is 61.4 Å². The maximum absolute atomic E-state index is 12.7. The number of hydrogen-bond acceptors (Lipinski definition) is 3. The number of hydrogen-bond donors (Lipinski definition) is 2. The largest absolute Gasteiger partial charge is 0.359 e. The first-order valence-electron chi connectivity index (χ1n) is 9.37. The quantitative estimate of drug-likeness (QED) is 0.798. The molecule has 0 aromatic heterocycles. The molecule has 5 nitrogen and oxygen atoms in total. The monoisotopic (exact) mass is 345 g/mol. The molecular weight excluding hydrogens is 314 g/mol. The summed E-state index contributed by atoms with van der Waals surface area (Å²) in [6, 6.07) is 10.0. The summed E-state index contributed by atoms with van der Waals surface area (Å²) in [5.74, 6) is 0.262. The standard InChI is InChI=1S/C20H31N3O2/c1-4-8-18(16-9-6-5-7-10-16)22-19(24)15(2)23-13-11-17(12-14-23)20(25)21-3/h5-7,9-10,15,17-18H,4,8,11-14H2,1-3H3,(H,21,25)(H,22,24). The van der Waals surface area contributed by atoms with E-state index in [1.165, 1.54) is 0 Å². The van der Waals surface area contributed by atoms with E-state index >= 15 is 0 Å². The molecule has 0 aliphatic carbocycles. The zero-order valence-corrected chi connectivity index (χ0v) is 15.6. The van der Waals surface area contributed by atoms with Crippen LogP contribution in [0, 0.1) is 5.92 Å². The Hall–Kier alpha value is -1.88. The lowest BCUT2D eigenvalue weighted by molar-refractivity contribution is -0.128. The van der Waals surface area contributed by atoms with E-state index in [1.54, 1.807) is 7.05 Å². The maximum atomic E-state index is 12.7. The Bertz CT molecular complexity index is 553. The van der Waals surface area contributed by atoms with Crippen molar-refractivity contribution in [2.45, 2.75) is 51.6 Å². The van der Waals surface area contributed by atoms with Crippen molar-refractivity contribution in [1.82, 2.24) is 15.5 Å². The number of amides is 2. The third-order valence-electron chi connectivity index (χ3n) is 5.17. The molecule has 25 heavy (non-hydrogen) atoms. The zero-order chi connectivity index (χ0) is 18.2. The smallest absolute Gasteiger partial charge is 0.237 e. The average Bonchev–Trinajstić information content (AvgIpc) is 2.67. The highest BCUT2D eigenvalue weighted by Gasteiger charge is 2.30. The SMILES string of the molecule is CCCC(NC(=O)C(C)N1CCC(C(=O)NC)CC1)c1ccccc1. The first-order chi connectivity index (χ1) is 12.1. The van der Waals surface area contributed by atoms with Crippen molar-refractivity contribution >= 4 is 11.8 Å². The van der Waals surface area contributed by atoms with Crippen molar-refractivity contribution in [3.63, 3.8) is 0 Å². The summed E-state index contributed by atoms with van der Waals surface area (Å²) in [7, 11) is 1.68. The fourth-order valence-corrected chi connectivity index (χ4v) is 3.51. The van der Waals surface area contributed by atoms with E-state index in [2.05, 4.69) is 34.6 Å². The Labute approximate surface area is 151 Å². The third-order valence-corrected chi connectivity index (χ3v) is 5.17. The minimum atomic E-state index is -0.172. The zero-order valence-electron chi connectivity index (χ0n) is 15.6. The van der Waals surface area contributed by atoms with Gasteiger partial charge in [-0.1, -0.05) is 43.7 Å². The predicted octanol–water partition coefficient (Wildman–Crippen LogP) is 2.49. The molecular formula is C20H31N3O2. The van der Waals surface area contributed by atoms with Crippen LogP contribution < -0.4 is 10.6 Å². The molecule has 2 unspecified atom stereocenters. The molecule has 1 aromatic carbocycles. The van der Waals surface area contributed by atoms with Crippen molar-refractivity contribution in [3.8, 4) is 0 Å². The van der Waals surface area contributed by atoms with Crippen LogP contribution in [0.3, 0.4) is 0 Å². The number of nitrogens with one attached hydrogen (secondary N) is 2. The van der Waals surface area contributed by atoms with Gasteiger partial charge in [0, 0.05) is 13.0 Å². The molecule has 1 saturated heterocycles. The molecule has 5 heteroatoms. The second kappa shape index (κ2) is 9.56. The van der Waals surface area contributed by atoms with Crippen LogP contribution in [-0.2, 0) is 9.59 Å². The second-order valence-corrected chi connectivity index (χ2v) is 6.86. The van der Waals surface area contributed by atoms with E-state index in [-0.39, 0.29) is 29.8 Å². The molecule has 1 heterocycles. The van der Waals surface area contributed by atoms with E-state index in [0.29, 0.717) is 0 Å². The van der Waals surface area contributed by atoms with Gasteiger partial charge in [-0.3, -0.25) is 14.5 Å². The number of benzene rings is 1. The lowest BCUT2D eigenvalue weighted by Crippen LogP contribution is -2.50. The van der Waals surface area contributed by atoms with Gasteiger partial charge in [0.2, 0.25) is 11.8 Å². The van der Waals surface area contributed by atoms with Gasteiger partial charge < -0.3 is 10.6 Å². The first kappa shape index (κ1) is 19.4. The lowest BCUT2D eigenvalue weighted by Gasteiger charge is -2.35. The van der Waals surface area contributed by atoms with Gasteiger partial charge in [-0.25, -0.2) is 0 Å². The maximum Gasteiger partial charge on any atom is 0.237 e. The van der Waals surface area contributed by atoms with Crippen molar-refractivity contribution in [3.05, 3.63) is 35.9 Å². The molecule has 0 bridgehead atoms. The van der Waals surface area contributed by atoms with Crippen molar-refractivity contribution in [1.29, 1.82) is 0 Å². The van der Waals surface area contributed by atoms with E-state index in [4.69, 9.17) is 0 Å². The molecule has 1 aliphatic rings. The van der Waals surface area contributed by atoms with Crippen LogP contribution in [0.1, 0.15) is 51.1 Å². The molecule has 138 valence electrons. The molecule has 1 aliphatic heterocycles. The van der Waals surface area contributed by atoms with Crippen LogP contribution in [-0.4, -0.2) is 42.9 Å². The van der Waals surface area contributed by atoms with E-state index in [0.717, 1.165) is 44.3 Å². The summed E-state index contributed by atoms with van der Waals surface area (Å²) in [6.45, 7) is 5.67. The second-order valence-electron chi connectivity index (χ2n) is 6.86. The number of rotatable bonds is 7. The van der Waals surface area contributed by atoms with Gasteiger partial charge in [0.15, 0.2) is 0 Å². The van der Waals surface area contributed by atoms with Gasteiger partial charge in [-0.2, -0.15) is 0 Å².